The third-order valence-electron chi connectivity index (χ3n) is 5.29. The van der Waals surface area contributed by atoms with E-state index in [9.17, 15) is 9.59 Å². The van der Waals surface area contributed by atoms with Gasteiger partial charge in [0.2, 0.25) is 5.91 Å². The minimum atomic E-state index is -0.277. The average Bonchev–Trinajstić information content (AvgIpc) is 3.49. The number of hydrogen-bond acceptors (Lipinski definition) is 6. The largest absolute Gasteiger partial charge is 0.483 e. The van der Waals surface area contributed by atoms with Gasteiger partial charge in [-0.05, 0) is 31.7 Å². The Labute approximate surface area is 185 Å². The molecule has 2 amide bonds. The number of rotatable bonds is 8. The lowest BCUT2D eigenvalue weighted by molar-refractivity contribution is -0.128. The molecule has 11 heteroatoms. The van der Waals surface area contributed by atoms with Crippen molar-refractivity contribution in [3.05, 3.63) is 42.2 Å². The smallest absolute Gasteiger partial charge is 0.290 e. The van der Waals surface area contributed by atoms with Gasteiger partial charge < -0.3 is 30.0 Å². The van der Waals surface area contributed by atoms with Crippen LogP contribution in [0.3, 0.4) is 0 Å². The number of carbonyl (C=O) groups is 3. The van der Waals surface area contributed by atoms with Crippen LogP contribution in [0.1, 0.15) is 41.7 Å². The van der Waals surface area contributed by atoms with E-state index in [1.807, 2.05) is 16.8 Å². The van der Waals surface area contributed by atoms with Crippen LogP contribution in [0.5, 0.6) is 0 Å². The van der Waals surface area contributed by atoms with Crippen LogP contribution in [0.15, 0.2) is 31.0 Å². The van der Waals surface area contributed by atoms with Gasteiger partial charge in [-0.3, -0.25) is 14.4 Å². The number of carboxylic acid groups (broad SMARTS) is 1. The number of nitrogens with zero attached hydrogens (tertiary/aromatic N) is 3. The van der Waals surface area contributed by atoms with Crippen LogP contribution < -0.4 is 10.6 Å². The van der Waals surface area contributed by atoms with Gasteiger partial charge in [-0.25, -0.2) is 4.98 Å². The maximum Gasteiger partial charge on any atom is 0.290 e. The van der Waals surface area contributed by atoms with Gasteiger partial charge in [-0.2, -0.15) is 5.26 Å². The molecule has 0 bridgehead atoms. The molecular formula is C21H28N6O5. The second kappa shape index (κ2) is 12.9. The Morgan fingerprint density at radius 3 is 2.88 bits per heavy atom. The van der Waals surface area contributed by atoms with E-state index in [4.69, 9.17) is 19.9 Å². The Morgan fingerprint density at radius 2 is 2.25 bits per heavy atom. The number of methoxy groups -OCH3 is 1. The van der Waals surface area contributed by atoms with Crippen LogP contribution >= 0.6 is 0 Å². The van der Waals surface area contributed by atoms with Gasteiger partial charge in [0.05, 0.1) is 24.0 Å². The Hall–Kier alpha value is -3.65. The van der Waals surface area contributed by atoms with Gasteiger partial charge >= 0.3 is 0 Å². The Kier molecular flexibility index (Phi) is 9.93. The van der Waals surface area contributed by atoms with Crippen molar-refractivity contribution in [3.8, 4) is 6.07 Å². The highest BCUT2D eigenvalue weighted by atomic mass is 16.5. The zero-order chi connectivity index (χ0) is 23.3. The first-order chi connectivity index (χ1) is 15.5. The first-order valence-corrected chi connectivity index (χ1v) is 10.3. The summed E-state index contributed by atoms with van der Waals surface area (Å²) in [6.07, 6.45) is 9.39. The molecule has 32 heavy (non-hydrogen) atoms. The molecule has 0 aromatic carbocycles. The topological polar surface area (TPSA) is 162 Å². The van der Waals surface area contributed by atoms with Crippen molar-refractivity contribution in [1.29, 1.82) is 5.26 Å². The fourth-order valence-electron chi connectivity index (χ4n) is 3.67. The molecule has 0 radical (unpaired) electrons. The van der Waals surface area contributed by atoms with Crippen molar-refractivity contribution < 1.29 is 24.2 Å². The summed E-state index contributed by atoms with van der Waals surface area (Å²) in [5.74, 6) is -0.372. The standard InChI is InChI=1S/C20H26N6O3.CH2O2/c1-29-18-10-15(19(27)23-5-2-7-26-8-6-22-13-26)3-4-16(18)25-20(28)17-9-14(11-21)12-24-17;2-1-3/h6,8-9,12-13,15-16,18,24H,2-5,7,10H2,1H3,(H,23,27)(H,25,28);1H,(H,2,3)/t15-,16-,18-;/m0./s1. The molecule has 3 rings (SSSR count). The Balaban J connectivity index is 0.00000114. The van der Waals surface area contributed by atoms with Crippen LogP contribution in [-0.2, 0) is 20.9 Å². The van der Waals surface area contributed by atoms with Crippen molar-refractivity contribution >= 4 is 18.3 Å². The number of nitrogens with one attached hydrogen (secondary N) is 3. The molecule has 0 unspecified atom stereocenters. The van der Waals surface area contributed by atoms with Crippen LogP contribution in [0.25, 0.3) is 0 Å². The van der Waals surface area contributed by atoms with E-state index in [1.54, 1.807) is 19.6 Å². The first-order valence-electron chi connectivity index (χ1n) is 10.3. The molecular weight excluding hydrogens is 416 g/mol. The monoisotopic (exact) mass is 444 g/mol. The van der Waals surface area contributed by atoms with E-state index >= 15 is 0 Å². The highest BCUT2D eigenvalue weighted by Crippen LogP contribution is 2.27. The molecule has 11 nitrogen and oxygen atoms in total. The molecule has 1 saturated carbocycles. The Morgan fingerprint density at radius 1 is 1.47 bits per heavy atom. The maximum atomic E-state index is 12.5. The van der Waals surface area contributed by atoms with E-state index in [-0.39, 0.29) is 36.4 Å². The van der Waals surface area contributed by atoms with E-state index < -0.39 is 0 Å². The maximum absolute atomic E-state index is 12.5. The van der Waals surface area contributed by atoms with E-state index in [0.29, 0.717) is 37.1 Å². The molecule has 1 fully saturated rings. The van der Waals surface area contributed by atoms with Crippen molar-refractivity contribution in [3.63, 3.8) is 0 Å². The normalized spacial score (nSPS) is 19.7. The number of ether oxygens (including phenoxy) is 1. The molecule has 1 aliphatic rings. The second-order valence-electron chi connectivity index (χ2n) is 7.33. The highest BCUT2D eigenvalue weighted by molar-refractivity contribution is 5.93. The molecule has 172 valence electrons. The van der Waals surface area contributed by atoms with Gasteiger partial charge in [-0.15, -0.1) is 0 Å². The molecule has 2 aromatic heterocycles. The third kappa shape index (κ3) is 7.24. The predicted molar refractivity (Wildman–Crippen MR) is 113 cm³/mol. The summed E-state index contributed by atoms with van der Waals surface area (Å²) in [5, 5.41) is 21.7. The van der Waals surface area contributed by atoms with Gasteiger partial charge in [0, 0.05) is 44.7 Å². The van der Waals surface area contributed by atoms with Crippen LogP contribution in [0, 0.1) is 17.2 Å². The number of carbonyl (C=O) groups excluding carboxylic acids is 2. The molecule has 1 aliphatic carbocycles. The zero-order valence-electron chi connectivity index (χ0n) is 17.9. The van der Waals surface area contributed by atoms with Crippen LogP contribution in [-0.4, -0.2) is 63.7 Å². The zero-order valence-corrected chi connectivity index (χ0v) is 17.9. The summed E-state index contributed by atoms with van der Waals surface area (Å²) in [6, 6.07) is 3.33. The fraction of sp³-hybridized carbons (Fsp3) is 0.476. The van der Waals surface area contributed by atoms with Crippen molar-refractivity contribution in [2.45, 2.75) is 44.4 Å². The van der Waals surface area contributed by atoms with Gasteiger partial charge in [0.25, 0.3) is 12.4 Å². The van der Waals surface area contributed by atoms with E-state index in [0.717, 1.165) is 13.0 Å². The SMILES string of the molecule is CO[C@H]1C[C@@H](C(=O)NCCCn2ccnc2)CC[C@@H]1NC(=O)c1cc(C#N)c[nH]1.O=CO. The summed E-state index contributed by atoms with van der Waals surface area (Å²) in [6.45, 7) is 1.17. The molecule has 2 heterocycles. The van der Waals surface area contributed by atoms with Crippen molar-refractivity contribution in [1.82, 2.24) is 25.2 Å². The number of aromatic nitrogens is 3. The molecule has 4 N–H and O–H groups in total. The average molecular weight is 444 g/mol. The molecule has 0 aliphatic heterocycles. The number of amides is 2. The van der Waals surface area contributed by atoms with Crippen LogP contribution in [0.2, 0.25) is 0 Å². The van der Waals surface area contributed by atoms with Gasteiger partial charge in [-0.1, -0.05) is 0 Å². The number of aryl methyl sites for hydroxylation is 1. The minimum Gasteiger partial charge on any atom is -0.483 e. The Bertz CT molecular complexity index is 904. The minimum absolute atomic E-state index is 0.0329. The summed E-state index contributed by atoms with van der Waals surface area (Å²) in [7, 11) is 1.59. The van der Waals surface area contributed by atoms with Gasteiger partial charge in [0.15, 0.2) is 0 Å². The molecule has 2 aromatic rings. The van der Waals surface area contributed by atoms with E-state index in [1.165, 1.54) is 12.3 Å². The van der Waals surface area contributed by atoms with Crippen molar-refractivity contribution in [2.24, 2.45) is 5.92 Å². The second-order valence-corrected chi connectivity index (χ2v) is 7.33. The quantitative estimate of drug-likeness (QED) is 0.347. The lowest BCUT2D eigenvalue weighted by Crippen LogP contribution is -2.49. The predicted octanol–water partition coefficient (Wildman–Crippen LogP) is 0.904. The number of aromatic amines is 1. The molecule has 0 spiro atoms. The summed E-state index contributed by atoms with van der Waals surface area (Å²) < 4.78 is 7.53. The van der Waals surface area contributed by atoms with Crippen LogP contribution in [0.4, 0.5) is 0 Å². The lowest BCUT2D eigenvalue weighted by Gasteiger charge is -2.35. The molecule has 0 saturated heterocycles. The summed E-state index contributed by atoms with van der Waals surface area (Å²) in [5.41, 5.74) is 0.751. The van der Waals surface area contributed by atoms with Crippen molar-refractivity contribution in [2.75, 3.05) is 13.7 Å². The molecule has 3 atom stereocenters. The summed E-state index contributed by atoms with van der Waals surface area (Å²) in [4.78, 5) is 40.1. The highest BCUT2D eigenvalue weighted by Gasteiger charge is 2.35. The number of imidazole rings is 1. The number of H-pyrrole nitrogens is 1. The fourth-order valence-corrected chi connectivity index (χ4v) is 3.67. The lowest BCUT2D eigenvalue weighted by atomic mass is 9.83. The number of nitriles is 1. The first kappa shape index (κ1) is 24.6. The number of hydrogen-bond donors (Lipinski definition) is 4. The summed E-state index contributed by atoms with van der Waals surface area (Å²) >= 11 is 0. The third-order valence-corrected chi connectivity index (χ3v) is 5.29. The van der Waals surface area contributed by atoms with Gasteiger partial charge in [0.1, 0.15) is 11.8 Å². The van der Waals surface area contributed by atoms with E-state index in [2.05, 4.69) is 20.6 Å².